The molecule has 0 saturated carbocycles. The van der Waals surface area contributed by atoms with E-state index in [1.54, 1.807) is 31.2 Å². The number of nitrogens with two attached hydrogens (primary N) is 1. The zero-order valence-electron chi connectivity index (χ0n) is 16.9. The summed E-state index contributed by atoms with van der Waals surface area (Å²) in [6, 6.07) is 11.7. The van der Waals surface area contributed by atoms with Crippen molar-refractivity contribution >= 4 is 5.91 Å². The Morgan fingerprint density at radius 2 is 1.77 bits per heavy atom. The van der Waals surface area contributed by atoms with Crippen molar-refractivity contribution in [2.24, 2.45) is 5.73 Å². The van der Waals surface area contributed by atoms with Crippen LogP contribution in [-0.2, 0) is 11.3 Å². The molecule has 1 amide bonds. The molecule has 1 unspecified atom stereocenters. The van der Waals surface area contributed by atoms with E-state index in [1.165, 1.54) is 31.2 Å². The van der Waals surface area contributed by atoms with Gasteiger partial charge in [0.2, 0.25) is 0 Å². The maximum Gasteiger partial charge on any atom is 0.573 e. The van der Waals surface area contributed by atoms with Gasteiger partial charge in [0.1, 0.15) is 23.4 Å². The van der Waals surface area contributed by atoms with Gasteiger partial charge in [-0.25, -0.2) is 4.39 Å². The lowest BCUT2D eigenvalue weighted by Gasteiger charge is -2.11. The molecule has 1 atom stereocenters. The summed E-state index contributed by atoms with van der Waals surface area (Å²) in [6.45, 7) is 3.03. The molecule has 31 heavy (non-hydrogen) atoms. The van der Waals surface area contributed by atoms with E-state index in [-0.39, 0.29) is 23.6 Å². The number of nitrogens with one attached hydrogen (secondary N) is 1. The normalized spacial score (nSPS) is 13.5. The molecule has 2 rings (SSSR count). The highest BCUT2D eigenvalue weighted by atomic mass is 19.4. The predicted molar refractivity (Wildman–Crippen MR) is 108 cm³/mol. The molecule has 166 valence electrons. The van der Waals surface area contributed by atoms with Crippen molar-refractivity contribution in [1.29, 1.82) is 0 Å². The van der Waals surface area contributed by atoms with Gasteiger partial charge in [-0.2, -0.15) is 0 Å². The lowest BCUT2D eigenvalue weighted by atomic mass is 10.1. The van der Waals surface area contributed by atoms with Gasteiger partial charge in [-0.1, -0.05) is 18.2 Å². The van der Waals surface area contributed by atoms with E-state index >= 15 is 0 Å². The fourth-order valence-corrected chi connectivity index (χ4v) is 2.46. The van der Waals surface area contributed by atoms with E-state index in [1.807, 2.05) is 0 Å². The van der Waals surface area contributed by atoms with E-state index in [2.05, 4.69) is 10.1 Å². The lowest BCUT2D eigenvalue weighted by molar-refractivity contribution is -0.274. The average Bonchev–Trinajstić information content (AvgIpc) is 2.67. The fourth-order valence-electron chi connectivity index (χ4n) is 2.46. The standard InChI is InChI=1S/C22H22F4N2O3/c1-14(23)6-11-20(15(2)27)21(29)28-13-16-4-3-5-19(12-16)30-17-7-9-18(10-8-17)31-22(24,25)26/h3-12,14H,13,27H2,1-2H3,(H,28,29)/b11-6-,20-15-. The third-order valence-electron chi connectivity index (χ3n) is 3.84. The summed E-state index contributed by atoms with van der Waals surface area (Å²) in [5, 5.41) is 2.70. The zero-order valence-corrected chi connectivity index (χ0v) is 16.9. The highest BCUT2D eigenvalue weighted by molar-refractivity contribution is 5.96. The Bertz CT molecular complexity index is 948. The summed E-state index contributed by atoms with van der Waals surface area (Å²) in [4.78, 5) is 12.3. The molecule has 9 heteroatoms. The molecule has 0 aliphatic heterocycles. The maximum atomic E-state index is 13.0. The number of benzene rings is 2. The van der Waals surface area contributed by atoms with Crippen LogP contribution in [0.4, 0.5) is 17.6 Å². The quantitative estimate of drug-likeness (QED) is 0.340. The summed E-state index contributed by atoms with van der Waals surface area (Å²) < 4.78 is 59.1. The molecule has 2 aromatic rings. The van der Waals surface area contributed by atoms with Crippen LogP contribution in [0.15, 0.2) is 72.0 Å². The first-order chi connectivity index (χ1) is 14.5. The van der Waals surface area contributed by atoms with E-state index in [4.69, 9.17) is 10.5 Å². The van der Waals surface area contributed by atoms with Crippen molar-refractivity contribution in [2.45, 2.75) is 32.9 Å². The highest BCUT2D eigenvalue weighted by Gasteiger charge is 2.30. The zero-order chi connectivity index (χ0) is 23.0. The Hall–Kier alpha value is -3.49. The molecule has 0 aliphatic rings. The van der Waals surface area contributed by atoms with E-state index in [9.17, 15) is 22.4 Å². The molecule has 2 aromatic carbocycles. The Morgan fingerprint density at radius 1 is 1.13 bits per heavy atom. The summed E-state index contributed by atoms with van der Waals surface area (Å²) in [5.74, 6) is -0.0756. The van der Waals surface area contributed by atoms with E-state index < -0.39 is 18.4 Å². The number of carbonyl (C=O) groups excluding carboxylic acids is 1. The molecular weight excluding hydrogens is 416 g/mol. The van der Waals surface area contributed by atoms with Crippen molar-refractivity contribution in [3.05, 3.63) is 77.5 Å². The van der Waals surface area contributed by atoms with Crippen LogP contribution < -0.4 is 20.5 Å². The van der Waals surface area contributed by atoms with Crippen LogP contribution in [-0.4, -0.2) is 18.4 Å². The third kappa shape index (κ3) is 8.41. The number of hydrogen-bond acceptors (Lipinski definition) is 4. The number of ether oxygens (including phenoxy) is 2. The van der Waals surface area contributed by atoms with Crippen molar-refractivity contribution in [3.63, 3.8) is 0 Å². The Labute approximate surface area is 177 Å². The van der Waals surface area contributed by atoms with Crippen LogP contribution in [0.25, 0.3) is 0 Å². The second kappa shape index (κ2) is 10.5. The predicted octanol–water partition coefficient (Wildman–Crippen LogP) is 5.14. The highest BCUT2D eigenvalue weighted by Crippen LogP contribution is 2.27. The molecule has 5 nitrogen and oxygen atoms in total. The molecule has 0 fully saturated rings. The number of allylic oxidation sites excluding steroid dienone is 2. The van der Waals surface area contributed by atoms with Gasteiger partial charge in [-0.15, -0.1) is 13.2 Å². The van der Waals surface area contributed by atoms with Gasteiger partial charge in [0.05, 0.1) is 5.57 Å². The van der Waals surface area contributed by atoms with Crippen LogP contribution in [0.5, 0.6) is 17.2 Å². The van der Waals surface area contributed by atoms with Crippen LogP contribution in [0.2, 0.25) is 0 Å². The summed E-state index contributed by atoms with van der Waals surface area (Å²) in [7, 11) is 0. The molecule has 0 heterocycles. The fraction of sp³-hybridized carbons (Fsp3) is 0.227. The van der Waals surface area contributed by atoms with Crippen LogP contribution in [0.1, 0.15) is 19.4 Å². The first-order valence-corrected chi connectivity index (χ1v) is 9.23. The average molecular weight is 438 g/mol. The molecule has 3 N–H and O–H groups in total. The van der Waals surface area contributed by atoms with Crippen molar-refractivity contribution in [2.75, 3.05) is 0 Å². The monoisotopic (exact) mass is 438 g/mol. The summed E-state index contributed by atoms with van der Waals surface area (Å²) >= 11 is 0. The summed E-state index contributed by atoms with van der Waals surface area (Å²) in [5.41, 5.74) is 6.83. The number of amides is 1. The van der Waals surface area contributed by atoms with Crippen molar-refractivity contribution in [1.82, 2.24) is 5.32 Å². The molecule has 0 aliphatic carbocycles. The van der Waals surface area contributed by atoms with E-state index in [0.29, 0.717) is 17.1 Å². The number of halogens is 4. The minimum absolute atomic E-state index is 0.157. The van der Waals surface area contributed by atoms with Gasteiger partial charge < -0.3 is 20.5 Å². The topological polar surface area (TPSA) is 73.6 Å². The second-order valence-electron chi connectivity index (χ2n) is 6.58. The summed E-state index contributed by atoms with van der Waals surface area (Å²) in [6.07, 6.45) is -3.42. The number of rotatable bonds is 8. The Balaban J connectivity index is 2.00. The van der Waals surface area contributed by atoms with Crippen molar-refractivity contribution < 1.29 is 31.8 Å². The maximum absolute atomic E-state index is 13.0. The van der Waals surface area contributed by atoms with Crippen LogP contribution in [0.3, 0.4) is 0 Å². The Kier molecular flexibility index (Phi) is 8.07. The molecule has 0 saturated heterocycles. The lowest BCUT2D eigenvalue weighted by Crippen LogP contribution is -2.25. The van der Waals surface area contributed by atoms with Crippen LogP contribution >= 0.6 is 0 Å². The number of hydrogen-bond donors (Lipinski definition) is 2. The number of alkyl halides is 4. The molecule has 0 aromatic heterocycles. The van der Waals surface area contributed by atoms with Gasteiger partial charge in [-0.05, 0) is 61.9 Å². The third-order valence-corrected chi connectivity index (χ3v) is 3.84. The minimum Gasteiger partial charge on any atom is -0.457 e. The minimum atomic E-state index is -4.77. The molecule has 0 spiro atoms. The van der Waals surface area contributed by atoms with E-state index in [0.717, 1.165) is 12.1 Å². The first-order valence-electron chi connectivity index (χ1n) is 9.23. The van der Waals surface area contributed by atoms with Gasteiger partial charge in [0.15, 0.2) is 0 Å². The van der Waals surface area contributed by atoms with Gasteiger partial charge in [0.25, 0.3) is 5.91 Å². The Morgan fingerprint density at radius 3 is 2.35 bits per heavy atom. The molecule has 0 bridgehead atoms. The SMILES string of the molecule is C/C(N)=C(\C=C/C(C)F)C(=O)NCc1cccc(Oc2ccc(OC(F)(F)F)cc2)c1. The van der Waals surface area contributed by atoms with Gasteiger partial charge >= 0.3 is 6.36 Å². The second-order valence-corrected chi connectivity index (χ2v) is 6.58. The number of carbonyl (C=O) groups is 1. The smallest absolute Gasteiger partial charge is 0.457 e. The van der Waals surface area contributed by atoms with Gasteiger partial charge in [-0.3, -0.25) is 4.79 Å². The van der Waals surface area contributed by atoms with Crippen LogP contribution in [0, 0.1) is 0 Å². The first kappa shape index (κ1) is 23.8. The van der Waals surface area contributed by atoms with Gasteiger partial charge in [0, 0.05) is 12.2 Å². The largest absolute Gasteiger partial charge is 0.573 e. The molecular formula is C22H22F4N2O3. The molecule has 0 radical (unpaired) electrons. The van der Waals surface area contributed by atoms with Crippen molar-refractivity contribution in [3.8, 4) is 17.2 Å².